The summed E-state index contributed by atoms with van der Waals surface area (Å²) >= 11 is 0. The Bertz CT molecular complexity index is 311. The molecular weight excluding hydrogens is 214 g/mol. The molecule has 0 spiro atoms. The second kappa shape index (κ2) is 6.30. The van der Waals surface area contributed by atoms with E-state index in [-0.39, 0.29) is 24.7 Å². The molecule has 84 valence electrons. The molecule has 1 aromatic carbocycles. The van der Waals surface area contributed by atoms with Crippen molar-refractivity contribution in [2.24, 2.45) is 0 Å². The molecule has 0 saturated carbocycles. The molecule has 0 bridgehead atoms. The van der Waals surface area contributed by atoms with Crippen molar-refractivity contribution >= 4 is 24.1 Å². The molecule has 0 aliphatic carbocycles. The molecule has 15 heavy (non-hydrogen) atoms. The van der Waals surface area contributed by atoms with Gasteiger partial charge >= 0.3 is 5.97 Å². The third-order valence-corrected chi connectivity index (χ3v) is 2.30. The topological polar surface area (TPSA) is 63.3 Å². The molecule has 1 unspecified atom stereocenters. The maximum Gasteiger partial charge on any atom is 0.303 e. The molecule has 0 aliphatic heterocycles. The van der Waals surface area contributed by atoms with E-state index in [1.807, 2.05) is 31.2 Å². The van der Waals surface area contributed by atoms with Gasteiger partial charge in [-0.15, -0.1) is 12.4 Å². The first-order valence-electron chi connectivity index (χ1n) is 4.67. The van der Waals surface area contributed by atoms with Crippen LogP contribution in [0.5, 0.6) is 0 Å². The Morgan fingerprint density at radius 3 is 2.40 bits per heavy atom. The van der Waals surface area contributed by atoms with Crippen LogP contribution in [0.25, 0.3) is 0 Å². The van der Waals surface area contributed by atoms with E-state index in [4.69, 9.17) is 10.8 Å². The number of nitrogens with two attached hydrogens (primary N) is 1. The summed E-state index contributed by atoms with van der Waals surface area (Å²) in [6.45, 7) is 2.02. The Morgan fingerprint density at radius 1 is 1.40 bits per heavy atom. The van der Waals surface area contributed by atoms with Gasteiger partial charge in [-0.1, -0.05) is 19.1 Å². The normalized spacial score (nSPS) is 11.5. The van der Waals surface area contributed by atoms with Crippen LogP contribution < -0.4 is 5.73 Å². The average Bonchev–Trinajstić information content (AvgIpc) is 2.15. The van der Waals surface area contributed by atoms with Crippen LogP contribution in [0.3, 0.4) is 0 Å². The summed E-state index contributed by atoms with van der Waals surface area (Å²) < 4.78 is 0. The minimum absolute atomic E-state index is 0. The summed E-state index contributed by atoms with van der Waals surface area (Å²) in [5, 5.41) is 8.53. The minimum atomic E-state index is -0.743. The van der Waals surface area contributed by atoms with E-state index in [0.29, 0.717) is 6.42 Å². The minimum Gasteiger partial charge on any atom is -0.481 e. The summed E-state index contributed by atoms with van der Waals surface area (Å²) in [6, 6.07) is 7.57. The highest BCUT2D eigenvalue weighted by Gasteiger charge is 2.07. The lowest BCUT2D eigenvalue weighted by Crippen LogP contribution is -2.00. The predicted octanol–water partition coefficient (Wildman–Crippen LogP) is 2.66. The van der Waals surface area contributed by atoms with Crippen molar-refractivity contribution in [1.82, 2.24) is 0 Å². The summed E-state index contributed by atoms with van der Waals surface area (Å²) in [5.74, 6) is -0.473. The molecular formula is C11H16ClNO2. The van der Waals surface area contributed by atoms with Crippen LogP contribution in [0.2, 0.25) is 0 Å². The van der Waals surface area contributed by atoms with Crippen molar-refractivity contribution in [1.29, 1.82) is 0 Å². The average molecular weight is 230 g/mol. The van der Waals surface area contributed by atoms with Crippen LogP contribution >= 0.6 is 12.4 Å². The summed E-state index contributed by atoms with van der Waals surface area (Å²) in [4.78, 5) is 10.4. The van der Waals surface area contributed by atoms with E-state index in [0.717, 1.165) is 11.3 Å². The standard InChI is InChI=1S/C11H15NO2.ClH/c1-8(2-7-11(13)14)9-3-5-10(12)6-4-9;/h3-6,8H,2,7,12H2,1H3,(H,13,14);1H. The zero-order valence-electron chi connectivity index (χ0n) is 8.64. The van der Waals surface area contributed by atoms with Gasteiger partial charge in [-0.2, -0.15) is 0 Å². The molecule has 0 fully saturated rings. The number of hydrogen-bond acceptors (Lipinski definition) is 2. The SMILES string of the molecule is CC(CCC(=O)O)c1ccc(N)cc1.Cl. The molecule has 1 atom stereocenters. The number of hydrogen-bond donors (Lipinski definition) is 2. The third-order valence-electron chi connectivity index (χ3n) is 2.30. The Morgan fingerprint density at radius 2 is 1.93 bits per heavy atom. The molecule has 3 nitrogen and oxygen atoms in total. The zero-order chi connectivity index (χ0) is 10.6. The Kier molecular flexibility index (Phi) is 5.79. The molecule has 0 heterocycles. The number of carboxylic acid groups (broad SMARTS) is 1. The monoisotopic (exact) mass is 229 g/mol. The molecule has 0 amide bonds. The molecule has 4 heteroatoms. The van der Waals surface area contributed by atoms with Crippen molar-refractivity contribution in [3.8, 4) is 0 Å². The van der Waals surface area contributed by atoms with Crippen LogP contribution in [0.15, 0.2) is 24.3 Å². The molecule has 1 rings (SSSR count). The van der Waals surface area contributed by atoms with E-state index in [9.17, 15) is 4.79 Å². The second-order valence-electron chi connectivity index (χ2n) is 3.50. The van der Waals surface area contributed by atoms with Gasteiger partial charge in [0.25, 0.3) is 0 Å². The third kappa shape index (κ3) is 4.70. The lowest BCUT2D eigenvalue weighted by atomic mass is 9.96. The molecule has 0 saturated heterocycles. The van der Waals surface area contributed by atoms with Crippen molar-refractivity contribution in [3.05, 3.63) is 29.8 Å². The highest BCUT2D eigenvalue weighted by molar-refractivity contribution is 5.85. The van der Waals surface area contributed by atoms with Gasteiger partial charge in [-0.25, -0.2) is 0 Å². The van der Waals surface area contributed by atoms with Crippen molar-refractivity contribution in [2.45, 2.75) is 25.7 Å². The maximum absolute atomic E-state index is 10.4. The predicted molar refractivity (Wildman–Crippen MR) is 63.4 cm³/mol. The first-order valence-corrected chi connectivity index (χ1v) is 4.67. The van der Waals surface area contributed by atoms with Crippen LogP contribution in [-0.4, -0.2) is 11.1 Å². The quantitative estimate of drug-likeness (QED) is 0.781. The van der Waals surface area contributed by atoms with Crippen molar-refractivity contribution in [2.75, 3.05) is 5.73 Å². The van der Waals surface area contributed by atoms with E-state index in [1.54, 1.807) is 0 Å². The zero-order valence-corrected chi connectivity index (χ0v) is 9.46. The number of anilines is 1. The number of nitrogen functional groups attached to an aromatic ring is 1. The first-order chi connectivity index (χ1) is 6.59. The molecule has 1 aromatic rings. The molecule has 0 aromatic heterocycles. The lowest BCUT2D eigenvalue weighted by molar-refractivity contribution is -0.137. The smallest absolute Gasteiger partial charge is 0.303 e. The number of rotatable bonds is 4. The fraction of sp³-hybridized carbons (Fsp3) is 0.364. The van der Waals surface area contributed by atoms with Crippen LogP contribution in [0.1, 0.15) is 31.2 Å². The maximum atomic E-state index is 10.4. The van der Waals surface area contributed by atoms with Gasteiger partial charge in [0.15, 0.2) is 0 Å². The number of benzene rings is 1. The van der Waals surface area contributed by atoms with Gasteiger partial charge in [0, 0.05) is 12.1 Å². The van der Waals surface area contributed by atoms with Gasteiger partial charge in [-0.05, 0) is 30.0 Å². The van der Waals surface area contributed by atoms with E-state index >= 15 is 0 Å². The lowest BCUT2D eigenvalue weighted by Gasteiger charge is -2.10. The van der Waals surface area contributed by atoms with Crippen molar-refractivity contribution < 1.29 is 9.90 Å². The Balaban J connectivity index is 0.00000196. The van der Waals surface area contributed by atoms with E-state index in [2.05, 4.69) is 0 Å². The summed E-state index contributed by atoms with van der Waals surface area (Å²) in [6.07, 6.45) is 0.880. The Labute approximate surface area is 95.7 Å². The second-order valence-corrected chi connectivity index (χ2v) is 3.50. The summed E-state index contributed by atoms with van der Waals surface area (Å²) in [7, 11) is 0. The van der Waals surface area contributed by atoms with Gasteiger partial charge in [0.05, 0.1) is 0 Å². The number of carboxylic acids is 1. The van der Waals surface area contributed by atoms with Gasteiger partial charge in [-0.3, -0.25) is 4.79 Å². The molecule has 0 radical (unpaired) electrons. The fourth-order valence-electron chi connectivity index (χ4n) is 1.33. The Hall–Kier alpha value is -1.22. The van der Waals surface area contributed by atoms with E-state index in [1.165, 1.54) is 0 Å². The van der Waals surface area contributed by atoms with Gasteiger partial charge in [0.2, 0.25) is 0 Å². The van der Waals surface area contributed by atoms with Crippen LogP contribution in [0.4, 0.5) is 5.69 Å². The van der Waals surface area contributed by atoms with Gasteiger partial charge in [0.1, 0.15) is 0 Å². The molecule has 3 N–H and O–H groups in total. The largest absolute Gasteiger partial charge is 0.481 e. The number of aliphatic carboxylic acids is 1. The highest BCUT2D eigenvalue weighted by Crippen LogP contribution is 2.21. The molecule has 0 aliphatic rings. The first kappa shape index (κ1) is 13.8. The van der Waals surface area contributed by atoms with Crippen LogP contribution in [-0.2, 0) is 4.79 Å². The number of halogens is 1. The van der Waals surface area contributed by atoms with Crippen LogP contribution in [0, 0.1) is 0 Å². The van der Waals surface area contributed by atoms with Crippen molar-refractivity contribution in [3.63, 3.8) is 0 Å². The number of carbonyl (C=O) groups is 1. The van der Waals surface area contributed by atoms with E-state index < -0.39 is 5.97 Å². The fourth-order valence-corrected chi connectivity index (χ4v) is 1.33. The summed E-state index contributed by atoms with van der Waals surface area (Å²) in [5.41, 5.74) is 7.43. The van der Waals surface area contributed by atoms with Gasteiger partial charge < -0.3 is 10.8 Å². The highest BCUT2D eigenvalue weighted by atomic mass is 35.5.